The highest BCUT2D eigenvalue weighted by Crippen LogP contribution is 2.07. The van der Waals surface area contributed by atoms with Crippen molar-refractivity contribution in [1.29, 1.82) is 0 Å². The van der Waals surface area contributed by atoms with Gasteiger partial charge in [0.2, 0.25) is 0 Å². The molecule has 0 aliphatic carbocycles. The quantitative estimate of drug-likeness (QED) is 0.819. The van der Waals surface area contributed by atoms with Crippen LogP contribution in [-0.2, 0) is 4.74 Å². The first-order valence-corrected chi connectivity index (χ1v) is 5.37. The molecule has 0 radical (unpaired) electrons. The average molecular weight is 238 g/mol. The second kappa shape index (κ2) is 5.58. The predicted octanol–water partition coefficient (Wildman–Crippen LogP) is 1.00. The van der Waals surface area contributed by atoms with Gasteiger partial charge in [0.15, 0.2) is 0 Å². The zero-order valence-electron chi connectivity index (χ0n) is 10.3. The lowest BCUT2D eigenvalue weighted by molar-refractivity contribution is 0.0524. The summed E-state index contributed by atoms with van der Waals surface area (Å²) in [6.45, 7) is 5.66. The lowest BCUT2D eigenvalue weighted by Crippen LogP contribution is -2.36. The molecular formula is C11H18N4O2. The monoisotopic (exact) mass is 238 g/mol. The van der Waals surface area contributed by atoms with E-state index in [9.17, 15) is 4.79 Å². The zero-order chi connectivity index (χ0) is 12.9. The van der Waals surface area contributed by atoms with E-state index in [1.54, 1.807) is 39.4 Å². The van der Waals surface area contributed by atoms with Crippen molar-refractivity contribution in [2.45, 2.75) is 32.4 Å². The molecule has 1 aromatic heterocycles. The SMILES string of the molecule is CC(C)(C)OC(=O)NCC(N)c1cnccn1. The molecular weight excluding hydrogens is 220 g/mol. The fraction of sp³-hybridized carbons (Fsp3) is 0.545. The largest absolute Gasteiger partial charge is 0.444 e. The Balaban J connectivity index is 2.39. The third-order valence-electron chi connectivity index (χ3n) is 1.83. The van der Waals surface area contributed by atoms with Gasteiger partial charge >= 0.3 is 6.09 Å². The lowest BCUT2D eigenvalue weighted by atomic mass is 10.2. The van der Waals surface area contributed by atoms with E-state index >= 15 is 0 Å². The standard InChI is InChI=1S/C11H18N4O2/c1-11(2,3)17-10(16)15-6-8(12)9-7-13-4-5-14-9/h4-5,7-8H,6,12H2,1-3H3,(H,15,16). The Bertz CT molecular complexity index is 361. The van der Waals surface area contributed by atoms with Crippen LogP contribution in [0.1, 0.15) is 32.5 Å². The normalized spacial score (nSPS) is 12.9. The van der Waals surface area contributed by atoms with Crippen LogP contribution in [0.2, 0.25) is 0 Å². The van der Waals surface area contributed by atoms with Crippen molar-refractivity contribution in [3.05, 3.63) is 24.3 Å². The smallest absolute Gasteiger partial charge is 0.407 e. The van der Waals surface area contributed by atoms with E-state index in [2.05, 4.69) is 15.3 Å². The van der Waals surface area contributed by atoms with Crippen LogP contribution in [0, 0.1) is 0 Å². The number of rotatable bonds is 3. The highest BCUT2D eigenvalue weighted by atomic mass is 16.6. The van der Waals surface area contributed by atoms with Crippen LogP contribution in [0.25, 0.3) is 0 Å². The number of aromatic nitrogens is 2. The minimum absolute atomic E-state index is 0.258. The topological polar surface area (TPSA) is 90.1 Å². The fourth-order valence-corrected chi connectivity index (χ4v) is 1.11. The van der Waals surface area contributed by atoms with Crippen molar-refractivity contribution in [2.75, 3.05) is 6.54 Å². The van der Waals surface area contributed by atoms with Gasteiger partial charge in [0.1, 0.15) is 5.60 Å². The molecule has 1 unspecified atom stereocenters. The molecule has 1 heterocycles. The van der Waals surface area contributed by atoms with Crippen molar-refractivity contribution in [3.63, 3.8) is 0 Å². The van der Waals surface area contributed by atoms with E-state index in [1.165, 1.54) is 0 Å². The summed E-state index contributed by atoms with van der Waals surface area (Å²) < 4.78 is 5.08. The molecule has 6 nitrogen and oxygen atoms in total. The number of nitrogens with two attached hydrogens (primary N) is 1. The number of hydrogen-bond acceptors (Lipinski definition) is 5. The number of carbonyl (C=O) groups excluding carboxylic acids is 1. The second-order valence-electron chi connectivity index (χ2n) is 4.62. The van der Waals surface area contributed by atoms with Crippen LogP contribution in [0.15, 0.2) is 18.6 Å². The number of nitrogens with one attached hydrogen (secondary N) is 1. The maximum absolute atomic E-state index is 11.4. The molecule has 1 amide bonds. The van der Waals surface area contributed by atoms with Gasteiger partial charge in [-0.2, -0.15) is 0 Å². The Morgan fingerprint density at radius 1 is 1.53 bits per heavy atom. The van der Waals surface area contributed by atoms with Gasteiger partial charge in [-0.05, 0) is 20.8 Å². The summed E-state index contributed by atoms with van der Waals surface area (Å²) >= 11 is 0. The molecule has 3 N–H and O–H groups in total. The molecule has 1 atom stereocenters. The van der Waals surface area contributed by atoms with Gasteiger partial charge in [0.25, 0.3) is 0 Å². The summed E-state index contributed by atoms with van der Waals surface area (Å²) in [4.78, 5) is 19.3. The Morgan fingerprint density at radius 3 is 2.76 bits per heavy atom. The number of ether oxygens (including phenoxy) is 1. The Morgan fingerprint density at radius 2 is 2.24 bits per heavy atom. The van der Waals surface area contributed by atoms with E-state index in [-0.39, 0.29) is 6.54 Å². The Labute approximate surface area is 101 Å². The van der Waals surface area contributed by atoms with E-state index in [0.29, 0.717) is 5.69 Å². The number of hydrogen-bond donors (Lipinski definition) is 2. The van der Waals surface area contributed by atoms with Crippen molar-refractivity contribution < 1.29 is 9.53 Å². The van der Waals surface area contributed by atoms with E-state index < -0.39 is 17.7 Å². The average Bonchev–Trinajstić information content (AvgIpc) is 2.25. The minimum atomic E-state index is -0.513. The second-order valence-corrected chi connectivity index (χ2v) is 4.62. The summed E-state index contributed by atoms with van der Waals surface area (Å²) in [6.07, 6.45) is 4.21. The first-order valence-electron chi connectivity index (χ1n) is 5.37. The van der Waals surface area contributed by atoms with Gasteiger partial charge in [-0.15, -0.1) is 0 Å². The predicted molar refractivity (Wildman–Crippen MR) is 63.2 cm³/mol. The number of carbonyl (C=O) groups is 1. The number of alkyl carbamates (subject to hydrolysis) is 1. The maximum Gasteiger partial charge on any atom is 0.407 e. The molecule has 0 bridgehead atoms. The molecule has 0 aromatic carbocycles. The Kier molecular flexibility index (Phi) is 4.39. The third-order valence-corrected chi connectivity index (χ3v) is 1.83. The van der Waals surface area contributed by atoms with Gasteiger partial charge in [-0.3, -0.25) is 9.97 Å². The fourth-order valence-electron chi connectivity index (χ4n) is 1.11. The highest BCUT2D eigenvalue weighted by Gasteiger charge is 2.17. The summed E-state index contributed by atoms with van der Waals surface area (Å²) in [5.41, 5.74) is 5.95. The van der Waals surface area contributed by atoms with Crippen LogP contribution in [0.4, 0.5) is 4.79 Å². The molecule has 17 heavy (non-hydrogen) atoms. The summed E-state index contributed by atoms with van der Waals surface area (Å²) in [6, 6.07) is -0.392. The summed E-state index contributed by atoms with van der Waals surface area (Å²) in [5.74, 6) is 0. The van der Waals surface area contributed by atoms with Crippen LogP contribution in [0.3, 0.4) is 0 Å². The molecule has 94 valence electrons. The molecule has 1 aromatic rings. The molecule has 0 aliphatic heterocycles. The van der Waals surface area contributed by atoms with Gasteiger partial charge in [0, 0.05) is 18.9 Å². The van der Waals surface area contributed by atoms with Crippen molar-refractivity contribution in [2.24, 2.45) is 5.73 Å². The third kappa shape index (κ3) is 5.26. The van der Waals surface area contributed by atoms with Gasteiger partial charge < -0.3 is 15.8 Å². The first-order chi connectivity index (χ1) is 7.88. The van der Waals surface area contributed by atoms with Crippen molar-refractivity contribution in [3.8, 4) is 0 Å². The van der Waals surface area contributed by atoms with Crippen molar-refractivity contribution >= 4 is 6.09 Å². The van der Waals surface area contributed by atoms with E-state index in [4.69, 9.17) is 10.5 Å². The van der Waals surface area contributed by atoms with E-state index in [1.807, 2.05) is 0 Å². The van der Waals surface area contributed by atoms with Crippen LogP contribution in [-0.4, -0.2) is 28.2 Å². The molecule has 6 heteroatoms. The molecule has 0 spiro atoms. The zero-order valence-corrected chi connectivity index (χ0v) is 10.3. The number of nitrogens with zero attached hydrogens (tertiary/aromatic N) is 2. The first kappa shape index (κ1) is 13.4. The van der Waals surface area contributed by atoms with Crippen LogP contribution >= 0.6 is 0 Å². The van der Waals surface area contributed by atoms with Crippen molar-refractivity contribution in [1.82, 2.24) is 15.3 Å². The molecule has 0 saturated heterocycles. The van der Waals surface area contributed by atoms with E-state index in [0.717, 1.165) is 0 Å². The van der Waals surface area contributed by atoms with Gasteiger partial charge in [-0.1, -0.05) is 0 Å². The van der Waals surface area contributed by atoms with Crippen LogP contribution in [0.5, 0.6) is 0 Å². The molecule has 1 rings (SSSR count). The number of amides is 1. The molecule has 0 saturated carbocycles. The summed E-state index contributed by atoms with van der Waals surface area (Å²) in [5, 5.41) is 2.58. The van der Waals surface area contributed by atoms with Gasteiger partial charge in [-0.25, -0.2) is 4.79 Å². The maximum atomic E-state index is 11.4. The Hall–Kier alpha value is -1.69. The lowest BCUT2D eigenvalue weighted by Gasteiger charge is -2.20. The molecule has 0 aliphatic rings. The molecule has 0 fully saturated rings. The minimum Gasteiger partial charge on any atom is -0.444 e. The highest BCUT2D eigenvalue weighted by molar-refractivity contribution is 5.67. The summed E-state index contributed by atoms with van der Waals surface area (Å²) in [7, 11) is 0. The van der Waals surface area contributed by atoms with Gasteiger partial charge in [0.05, 0.1) is 17.9 Å². The van der Waals surface area contributed by atoms with Crippen LogP contribution < -0.4 is 11.1 Å².